The lowest BCUT2D eigenvalue weighted by molar-refractivity contribution is -0.117. The number of nitrogens with one attached hydrogen (secondary N) is 2. The van der Waals surface area contributed by atoms with E-state index in [-0.39, 0.29) is 5.76 Å². The Morgan fingerprint density at radius 1 is 1.14 bits per heavy atom. The molecule has 0 unspecified atom stereocenters. The lowest BCUT2D eigenvalue weighted by atomic mass is 10.2. The van der Waals surface area contributed by atoms with Crippen molar-refractivity contribution in [2.45, 2.75) is 0 Å². The molecule has 0 aliphatic heterocycles. The van der Waals surface area contributed by atoms with Crippen LogP contribution in [-0.4, -0.2) is 11.8 Å². The smallest absolute Gasteiger partial charge is 0.305 e. The number of amides is 2. The molecule has 1 heterocycles. The molecule has 21 heavy (non-hydrogen) atoms. The largest absolute Gasteiger partial charge is 0.459 e. The molecule has 2 N–H and O–H groups in total. The molecule has 1 aromatic heterocycles. The fourth-order valence-corrected chi connectivity index (χ4v) is 1.90. The Labute approximate surface area is 130 Å². The minimum absolute atomic E-state index is 0.0972. The summed E-state index contributed by atoms with van der Waals surface area (Å²) in [7, 11) is 0. The molecule has 7 heteroatoms. The van der Waals surface area contributed by atoms with Crippen LogP contribution in [0.1, 0.15) is 16.1 Å². The molecular weight excluding hydrogens is 315 g/mol. The van der Waals surface area contributed by atoms with Gasteiger partial charge in [0, 0.05) is 16.1 Å². The monoisotopic (exact) mass is 324 g/mol. The van der Waals surface area contributed by atoms with E-state index in [1.54, 1.807) is 24.3 Å². The molecular formula is C14H10Cl2N2O3. The molecule has 2 aromatic rings. The first-order valence-electron chi connectivity index (χ1n) is 5.83. The Kier molecular flexibility index (Phi) is 5.03. The number of carbonyl (C=O) groups excluding carboxylic acids is 2. The van der Waals surface area contributed by atoms with Gasteiger partial charge in [0.25, 0.3) is 5.91 Å². The fraction of sp³-hybridized carbons (Fsp3) is 0. The van der Waals surface area contributed by atoms with Crippen LogP contribution >= 0.6 is 23.2 Å². The number of hydrogen-bond acceptors (Lipinski definition) is 3. The minimum atomic E-state index is -0.550. The fourth-order valence-electron chi connectivity index (χ4n) is 1.43. The third-order valence-electron chi connectivity index (χ3n) is 2.42. The summed E-state index contributed by atoms with van der Waals surface area (Å²) >= 11 is 11.7. The van der Waals surface area contributed by atoms with Gasteiger partial charge in [-0.3, -0.25) is 20.4 Å². The second kappa shape index (κ2) is 6.97. The van der Waals surface area contributed by atoms with Gasteiger partial charge in [0.15, 0.2) is 5.76 Å². The maximum absolute atomic E-state index is 11.6. The van der Waals surface area contributed by atoms with E-state index in [0.29, 0.717) is 15.6 Å². The van der Waals surface area contributed by atoms with Crippen LogP contribution in [0.3, 0.4) is 0 Å². The summed E-state index contributed by atoms with van der Waals surface area (Å²) in [5.74, 6) is -0.966. The highest BCUT2D eigenvalue weighted by atomic mass is 35.5. The van der Waals surface area contributed by atoms with Gasteiger partial charge < -0.3 is 4.42 Å². The molecule has 2 rings (SSSR count). The van der Waals surface area contributed by atoms with Gasteiger partial charge in [0.2, 0.25) is 0 Å². The zero-order valence-electron chi connectivity index (χ0n) is 10.6. The number of hydrazine groups is 1. The van der Waals surface area contributed by atoms with Gasteiger partial charge in [-0.05, 0) is 35.9 Å². The van der Waals surface area contributed by atoms with Crippen LogP contribution in [0.2, 0.25) is 10.0 Å². The molecule has 0 radical (unpaired) electrons. The van der Waals surface area contributed by atoms with Crippen LogP contribution in [0.15, 0.2) is 47.1 Å². The molecule has 0 aliphatic rings. The first kappa shape index (κ1) is 15.2. The highest BCUT2D eigenvalue weighted by molar-refractivity contribution is 6.35. The first-order valence-corrected chi connectivity index (χ1v) is 6.59. The van der Waals surface area contributed by atoms with Crippen LogP contribution in [0.5, 0.6) is 0 Å². The highest BCUT2D eigenvalue weighted by Gasteiger charge is 2.08. The van der Waals surface area contributed by atoms with Crippen LogP contribution in [0, 0.1) is 0 Å². The molecule has 0 fully saturated rings. The summed E-state index contributed by atoms with van der Waals surface area (Å²) in [5, 5.41) is 0.929. The van der Waals surface area contributed by atoms with Crippen molar-refractivity contribution in [3.8, 4) is 0 Å². The van der Waals surface area contributed by atoms with Gasteiger partial charge in [-0.15, -0.1) is 0 Å². The SMILES string of the molecule is O=C(/C=C/c1ccc(Cl)cc1Cl)NNC(=O)c1ccco1. The van der Waals surface area contributed by atoms with Crippen molar-refractivity contribution in [1.82, 2.24) is 10.9 Å². The summed E-state index contributed by atoms with van der Waals surface area (Å²) in [5.41, 5.74) is 5.06. The summed E-state index contributed by atoms with van der Waals surface area (Å²) in [6, 6.07) is 7.95. The quantitative estimate of drug-likeness (QED) is 0.673. The number of halogens is 2. The summed E-state index contributed by atoms with van der Waals surface area (Å²) in [6.45, 7) is 0. The average molecular weight is 325 g/mol. The van der Waals surface area contributed by atoms with Crippen molar-refractivity contribution < 1.29 is 14.0 Å². The predicted molar refractivity (Wildman–Crippen MR) is 79.8 cm³/mol. The standard InChI is InChI=1S/C14H10Cl2N2O3/c15-10-5-3-9(11(16)8-10)4-6-13(19)17-18-14(20)12-2-1-7-21-12/h1-8H,(H,17,19)(H,18,20)/b6-4+. The summed E-state index contributed by atoms with van der Waals surface area (Å²) in [4.78, 5) is 23.1. The van der Waals surface area contributed by atoms with Gasteiger partial charge in [0.1, 0.15) is 0 Å². The zero-order valence-corrected chi connectivity index (χ0v) is 12.1. The Morgan fingerprint density at radius 3 is 2.62 bits per heavy atom. The number of furan rings is 1. The van der Waals surface area contributed by atoms with Crippen molar-refractivity contribution in [2.75, 3.05) is 0 Å². The van der Waals surface area contributed by atoms with Gasteiger partial charge in [0.05, 0.1) is 6.26 Å². The lowest BCUT2D eigenvalue weighted by Gasteiger charge is -2.03. The van der Waals surface area contributed by atoms with Gasteiger partial charge >= 0.3 is 5.91 Å². The van der Waals surface area contributed by atoms with Crippen molar-refractivity contribution in [1.29, 1.82) is 0 Å². The van der Waals surface area contributed by atoms with Crippen molar-refractivity contribution in [3.63, 3.8) is 0 Å². The predicted octanol–water partition coefficient (Wildman–Crippen LogP) is 3.06. The van der Waals surface area contributed by atoms with Crippen LogP contribution in [0.25, 0.3) is 6.08 Å². The number of carbonyl (C=O) groups is 2. The molecule has 2 amide bonds. The Bertz CT molecular complexity index is 682. The maximum Gasteiger partial charge on any atom is 0.305 e. The van der Waals surface area contributed by atoms with E-state index in [0.717, 1.165) is 0 Å². The minimum Gasteiger partial charge on any atom is -0.459 e. The van der Waals surface area contributed by atoms with E-state index in [4.69, 9.17) is 27.6 Å². The van der Waals surface area contributed by atoms with Crippen molar-refractivity contribution in [2.24, 2.45) is 0 Å². The molecule has 0 saturated carbocycles. The van der Waals surface area contributed by atoms with E-state index in [1.165, 1.54) is 24.5 Å². The molecule has 0 bridgehead atoms. The molecule has 1 aromatic carbocycles. The first-order chi connectivity index (χ1) is 10.1. The third-order valence-corrected chi connectivity index (χ3v) is 2.98. The molecule has 0 spiro atoms. The van der Waals surface area contributed by atoms with Gasteiger partial charge in [-0.1, -0.05) is 29.3 Å². The Morgan fingerprint density at radius 2 is 1.95 bits per heavy atom. The van der Waals surface area contributed by atoms with Crippen LogP contribution in [0.4, 0.5) is 0 Å². The highest BCUT2D eigenvalue weighted by Crippen LogP contribution is 2.21. The van der Waals surface area contributed by atoms with Crippen LogP contribution < -0.4 is 10.9 Å². The lowest BCUT2D eigenvalue weighted by Crippen LogP contribution is -2.40. The number of rotatable bonds is 3. The van der Waals surface area contributed by atoms with E-state index < -0.39 is 11.8 Å². The second-order valence-electron chi connectivity index (χ2n) is 3.92. The number of benzene rings is 1. The molecule has 5 nitrogen and oxygen atoms in total. The van der Waals surface area contributed by atoms with E-state index in [2.05, 4.69) is 10.9 Å². The normalized spacial score (nSPS) is 10.6. The zero-order chi connectivity index (χ0) is 15.2. The van der Waals surface area contributed by atoms with Crippen molar-refractivity contribution in [3.05, 3.63) is 64.0 Å². The molecule has 0 atom stereocenters. The topological polar surface area (TPSA) is 71.3 Å². The maximum atomic E-state index is 11.6. The Balaban J connectivity index is 1.89. The van der Waals surface area contributed by atoms with Gasteiger partial charge in [-0.25, -0.2) is 0 Å². The third kappa shape index (κ3) is 4.37. The Hall–Kier alpha value is -2.24. The summed E-state index contributed by atoms with van der Waals surface area (Å²) in [6.07, 6.45) is 4.10. The van der Waals surface area contributed by atoms with E-state index >= 15 is 0 Å². The van der Waals surface area contributed by atoms with Crippen molar-refractivity contribution >= 4 is 41.1 Å². The average Bonchev–Trinajstić information content (AvgIpc) is 2.98. The van der Waals surface area contributed by atoms with Crippen LogP contribution in [-0.2, 0) is 4.79 Å². The molecule has 0 aliphatic carbocycles. The summed E-state index contributed by atoms with van der Waals surface area (Å²) < 4.78 is 4.87. The van der Waals surface area contributed by atoms with E-state index in [9.17, 15) is 9.59 Å². The second-order valence-corrected chi connectivity index (χ2v) is 4.76. The molecule has 0 saturated heterocycles. The number of hydrogen-bond donors (Lipinski definition) is 2. The molecule has 108 valence electrons. The van der Waals surface area contributed by atoms with E-state index in [1.807, 2.05) is 0 Å². The van der Waals surface area contributed by atoms with Gasteiger partial charge in [-0.2, -0.15) is 0 Å².